The Balaban J connectivity index is 1.81. The van der Waals surface area contributed by atoms with Crippen molar-refractivity contribution in [1.29, 1.82) is 0 Å². The van der Waals surface area contributed by atoms with Crippen molar-refractivity contribution in [3.05, 3.63) is 41.5 Å². The summed E-state index contributed by atoms with van der Waals surface area (Å²) in [5, 5.41) is 9.30. The van der Waals surface area contributed by atoms with Gasteiger partial charge in [0.2, 0.25) is 0 Å². The maximum Gasteiger partial charge on any atom is 0.320 e. The number of amides is 2. The molecule has 2 heterocycles. The van der Waals surface area contributed by atoms with Gasteiger partial charge in [0, 0.05) is 44.1 Å². The minimum absolute atomic E-state index is 0.158. The van der Waals surface area contributed by atoms with Crippen LogP contribution < -0.4 is 10.6 Å². The number of anilines is 1. The molecule has 1 aromatic heterocycles. The van der Waals surface area contributed by atoms with Crippen molar-refractivity contribution in [2.24, 2.45) is 0 Å². The minimum Gasteiger partial charge on any atom is -0.381 e. The van der Waals surface area contributed by atoms with Crippen LogP contribution in [0.3, 0.4) is 0 Å². The minimum atomic E-state index is -3.76. The number of urea groups is 1. The van der Waals surface area contributed by atoms with E-state index in [2.05, 4.69) is 15.8 Å². The molecule has 2 aromatic rings. The number of carbonyl (C=O) groups excluding carboxylic acids is 1. The second-order valence-corrected chi connectivity index (χ2v) is 8.51. The fourth-order valence-corrected chi connectivity index (χ4v) is 3.75. The van der Waals surface area contributed by atoms with E-state index in [1.54, 1.807) is 13.0 Å². The Morgan fingerprint density at radius 2 is 1.96 bits per heavy atom. The lowest BCUT2D eigenvalue weighted by atomic mass is 9.87. The normalized spacial score (nSPS) is 16.7. The number of rotatable bonds is 4. The molecule has 1 aliphatic heterocycles. The van der Waals surface area contributed by atoms with Crippen molar-refractivity contribution in [3.8, 4) is 0 Å². The number of carbonyl (C=O) groups is 1. The average Bonchev–Trinajstić information content (AvgIpc) is 3.03. The van der Waals surface area contributed by atoms with E-state index >= 15 is 0 Å². The van der Waals surface area contributed by atoms with Gasteiger partial charge in [0.25, 0.3) is 0 Å². The van der Waals surface area contributed by atoms with Gasteiger partial charge in [0.1, 0.15) is 16.3 Å². The van der Waals surface area contributed by atoms with Gasteiger partial charge in [-0.15, -0.1) is 0 Å². The zero-order valence-electron chi connectivity index (χ0n) is 14.9. The molecule has 0 aliphatic carbocycles. The second-order valence-electron chi connectivity index (χ2n) is 6.52. The van der Waals surface area contributed by atoms with Crippen LogP contribution in [-0.2, 0) is 20.1 Å². The van der Waals surface area contributed by atoms with Crippen LogP contribution >= 0.6 is 0 Å². The van der Waals surface area contributed by atoms with Crippen LogP contribution in [0.25, 0.3) is 0 Å². The molecule has 10 heteroatoms. The van der Waals surface area contributed by atoms with E-state index in [9.17, 15) is 17.6 Å². The van der Waals surface area contributed by atoms with E-state index in [-0.39, 0.29) is 5.69 Å². The largest absolute Gasteiger partial charge is 0.381 e. The Bertz CT molecular complexity index is 951. The monoisotopic (exact) mass is 397 g/mol. The first-order valence-corrected chi connectivity index (χ1v) is 10.2. The van der Waals surface area contributed by atoms with E-state index < -0.39 is 32.1 Å². The molecule has 0 saturated carbocycles. The number of sulfone groups is 1. The van der Waals surface area contributed by atoms with Crippen molar-refractivity contribution < 1.29 is 26.9 Å². The maximum absolute atomic E-state index is 13.7. The third-order valence-electron chi connectivity index (χ3n) is 4.39. The van der Waals surface area contributed by atoms with Gasteiger partial charge in [-0.1, -0.05) is 5.16 Å². The van der Waals surface area contributed by atoms with Gasteiger partial charge < -0.3 is 19.9 Å². The third-order valence-corrected chi connectivity index (χ3v) is 5.50. The van der Waals surface area contributed by atoms with E-state index in [1.807, 2.05) is 0 Å². The molecule has 8 nitrogen and oxygen atoms in total. The molecule has 1 fully saturated rings. The first-order valence-electron chi connectivity index (χ1n) is 8.30. The van der Waals surface area contributed by atoms with Crippen LogP contribution in [0.1, 0.15) is 24.3 Å². The molecule has 0 bridgehead atoms. The number of nitrogens with one attached hydrogen (secondary N) is 2. The number of benzene rings is 1. The van der Waals surface area contributed by atoms with E-state index in [4.69, 9.17) is 9.26 Å². The highest BCUT2D eigenvalue weighted by Gasteiger charge is 2.39. The molecule has 0 atom stereocenters. The molecule has 2 amide bonds. The van der Waals surface area contributed by atoms with Crippen molar-refractivity contribution >= 4 is 21.6 Å². The van der Waals surface area contributed by atoms with Crippen molar-refractivity contribution in [1.82, 2.24) is 10.5 Å². The van der Waals surface area contributed by atoms with E-state index in [1.165, 1.54) is 6.07 Å². The average molecular weight is 397 g/mol. The molecule has 27 heavy (non-hydrogen) atoms. The summed E-state index contributed by atoms with van der Waals surface area (Å²) in [6.45, 7) is 2.66. The molecule has 0 radical (unpaired) electrons. The predicted molar refractivity (Wildman–Crippen MR) is 94.6 cm³/mol. The van der Waals surface area contributed by atoms with Gasteiger partial charge in [-0.25, -0.2) is 17.6 Å². The highest BCUT2D eigenvalue weighted by Crippen LogP contribution is 2.33. The third kappa shape index (κ3) is 4.28. The lowest BCUT2D eigenvalue weighted by molar-refractivity contribution is 0.0307. The molecule has 1 aromatic carbocycles. The molecule has 3 rings (SSSR count). The fraction of sp³-hybridized carbons (Fsp3) is 0.412. The van der Waals surface area contributed by atoms with Crippen LogP contribution in [0.2, 0.25) is 0 Å². The van der Waals surface area contributed by atoms with Crippen molar-refractivity contribution in [3.63, 3.8) is 0 Å². The lowest BCUT2D eigenvalue weighted by Crippen LogP contribution is -2.50. The van der Waals surface area contributed by atoms with Crippen LogP contribution in [0.5, 0.6) is 0 Å². The second kappa shape index (κ2) is 7.28. The quantitative estimate of drug-likeness (QED) is 0.819. The van der Waals surface area contributed by atoms with E-state index in [0.717, 1.165) is 18.4 Å². The zero-order valence-corrected chi connectivity index (χ0v) is 15.7. The van der Waals surface area contributed by atoms with Gasteiger partial charge >= 0.3 is 6.03 Å². The fourth-order valence-electron chi connectivity index (χ4n) is 2.99. The number of aromatic nitrogens is 1. The first-order chi connectivity index (χ1) is 12.7. The number of hydrogen-bond acceptors (Lipinski definition) is 6. The number of hydrogen-bond donors (Lipinski definition) is 2. The molecular weight excluding hydrogens is 377 g/mol. The number of nitrogens with zero attached hydrogens (tertiary/aromatic N) is 1. The molecule has 1 aliphatic rings. The predicted octanol–water partition coefficient (Wildman–Crippen LogP) is 2.35. The maximum atomic E-state index is 13.7. The summed E-state index contributed by atoms with van der Waals surface area (Å²) >= 11 is 0. The summed E-state index contributed by atoms with van der Waals surface area (Å²) in [5.41, 5.74) is 0.0585. The summed E-state index contributed by atoms with van der Waals surface area (Å²) in [5.74, 6) is -0.351. The standard InChI is InChI=1S/C17H20FN3O5S/c1-11-9-15(26-21-11)17(5-7-25-8-6-17)20-16(22)19-12-3-4-13(18)14(10-12)27(2,23)24/h3-4,9-10H,5-8H2,1-2H3,(H2,19,20,22). The SMILES string of the molecule is Cc1cc(C2(NC(=O)Nc3ccc(F)c(S(C)(=O)=O)c3)CCOCC2)on1. The van der Waals surface area contributed by atoms with Gasteiger partial charge in [-0.05, 0) is 25.1 Å². The Hall–Kier alpha value is -2.46. The Morgan fingerprint density at radius 3 is 2.56 bits per heavy atom. The van der Waals surface area contributed by atoms with Gasteiger partial charge in [-0.3, -0.25) is 0 Å². The number of aryl methyl sites for hydroxylation is 1. The first kappa shape index (κ1) is 19.3. The van der Waals surface area contributed by atoms with Crippen molar-refractivity contribution in [2.75, 3.05) is 24.8 Å². The number of ether oxygens (including phenoxy) is 1. The lowest BCUT2D eigenvalue weighted by Gasteiger charge is -2.35. The summed E-state index contributed by atoms with van der Waals surface area (Å²) in [7, 11) is -3.76. The van der Waals surface area contributed by atoms with Crippen LogP contribution in [-0.4, -0.2) is 39.1 Å². The zero-order chi connectivity index (χ0) is 19.7. The smallest absolute Gasteiger partial charge is 0.320 e. The highest BCUT2D eigenvalue weighted by molar-refractivity contribution is 7.90. The molecule has 146 valence electrons. The highest BCUT2D eigenvalue weighted by atomic mass is 32.2. The Labute approximate surface area is 156 Å². The molecule has 0 unspecified atom stereocenters. The Morgan fingerprint density at radius 1 is 1.26 bits per heavy atom. The molecule has 1 saturated heterocycles. The Kier molecular flexibility index (Phi) is 5.20. The summed E-state index contributed by atoms with van der Waals surface area (Å²) in [6, 6.07) is 4.55. The molecule has 2 N–H and O–H groups in total. The summed E-state index contributed by atoms with van der Waals surface area (Å²) in [4.78, 5) is 12.1. The number of halogens is 1. The topological polar surface area (TPSA) is 111 Å². The van der Waals surface area contributed by atoms with Crippen molar-refractivity contribution in [2.45, 2.75) is 30.2 Å². The van der Waals surface area contributed by atoms with Crippen LogP contribution in [0.15, 0.2) is 33.7 Å². The summed E-state index contributed by atoms with van der Waals surface area (Å²) < 4.78 is 47.7. The van der Waals surface area contributed by atoms with Gasteiger partial charge in [0.05, 0.1) is 5.69 Å². The van der Waals surface area contributed by atoms with Crippen LogP contribution in [0.4, 0.5) is 14.9 Å². The van der Waals surface area contributed by atoms with Gasteiger partial charge in [-0.2, -0.15) is 0 Å². The molecule has 0 spiro atoms. The summed E-state index contributed by atoms with van der Waals surface area (Å²) in [6.07, 6.45) is 1.89. The van der Waals surface area contributed by atoms with Crippen LogP contribution in [0, 0.1) is 12.7 Å². The van der Waals surface area contributed by atoms with Gasteiger partial charge in [0.15, 0.2) is 15.6 Å². The molecular formula is C17H20FN3O5S. The van der Waals surface area contributed by atoms with E-state index in [0.29, 0.717) is 37.5 Å².